The molecule has 2 rings (SSSR count). The van der Waals surface area contributed by atoms with Crippen LogP contribution in [0.1, 0.15) is 37.7 Å². The minimum Gasteiger partial charge on any atom is -0.378 e. The Morgan fingerprint density at radius 3 is 2.76 bits per heavy atom. The number of H-pyrrole nitrogens is 1. The molecule has 90 valence electrons. The molecular formula is C14H19N3. The fraction of sp³-hybridized carbons (Fsp3) is 0.357. The minimum atomic E-state index is 0.549. The number of imidazole rings is 1. The largest absolute Gasteiger partial charge is 0.378 e. The van der Waals surface area contributed by atoms with Crippen molar-refractivity contribution in [3.05, 3.63) is 48.0 Å². The topological polar surface area (TPSA) is 40.7 Å². The summed E-state index contributed by atoms with van der Waals surface area (Å²) in [6.07, 6.45) is 3.07. The number of hydrogen-bond acceptors (Lipinski definition) is 2. The number of aromatic amines is 1. The number of rotatable bonds is 5. The lowest BCUT2D eigenvalue weighted by Gasteiger charge is -2.05. The number of benzene rings is 1. The van der Waals surface area contributed by atoms with Crippen LogP contribution in [0.4, 0.5) is 5.69 Å². The average molecular weight is 229 g/mol. The summed E-state index contributed by atoms with van der Waals surface area (Å²) in [4.78, 5) is 7.74. The monoisotopic (exact) mass is 229 g/mol. The van der Waals surface area contributed by atoms with E-state index in [2.05, 4.69) is 41.3 Å². The zero-order valence-electron chi connectivity index (χ0n) is 10.4. The number of nitrogens with zero attached hydrogens (tertiary/aromatic N) is 1. The lowest BCUT2D eigenvalue weighted by Crippen LogP contribution is -2.01. The number of para-hydroxylation sites is 1. The summed E-state index contributed by atoms with van der Waals surface area (Å²) in [6.45, 7) is 5.13. The van der Waals surface area contributed by atoms with Crippen LogP contribution in [-0.4, -0.2) is 9.97 Å². The molecule has 17 heavy (non-hydrogen) atoms. The first-order valence-corrected chi connectivity index (χ1v) is 6.12. The molecule has 2 aromatic rings. The molecule has 0 fully saturated rings. The van der Waals surface area contributed by atoms with Gasteiger partial charge in [0.25, 0.3) is 0 Å². The highest BCUT2D eigenvalue weighted by molar-refractivity contribution is 5.42. The third-order valence-electron chi connectivity index (χ3n) is 3.03. The summed E-state index contributed by atoms with van der Waals surface area (Å²) < 4.78 is 0. The fourth-order valence-electron chi connectivity index (χ4n) is 1.68. The number of anilines is 1. The van der Waals surface area contributed by atoms with Crippen molar-refractivity contribution < 1.29 is 0 Å². The van der Waals surface area contributed by atoms with Gasteiger partial charge in [-0.3, -0.25) is 0 Å². The van der Waals surface area contributed by atoms with E-state index in [4.69, 9.17) is 0 Å². The van der Waals surface area contributed by atoms with Crippen LogP contribution < -0.4 is 5.32 Å². The molecule has 0 amide bonds. The standard InChI is InChI=1S/C14H19N3/c1-3-11(2)13-9-16-14(17-13)10-15-12-7-5-4-6-8-12/h4-9,11,15H,3,10H2,1-2H3,(H,16,17). The van der Waals surface area contributed by atoms with E-state index in [1.165, 1.54) is 5.69 Å². The molecule has 1 aromatic carbocycles. The maximum Gasteiger partial charge on any atom is 0.125 e. The van der Waals surface area contributed by atoms with Crippen molar-refractivity contribution in [2.24, 2.45) is 0 Å². The van der Waals surface area contributed by atoms with Crippen molar-refractivity contribution in [1.29, 1.82) is 0 Å². The number of nitrogens with one attached hydrogen (secondary N) is 2. The van der Waals surface area contributed by atoms with Crippen LogP contribution in [-0.2, 0) is 6.54 Å². The lowest BCUT2D eigenvalue weighted by molar-refractivity contribution is 0.710. The maximum absolute atomic E-state index is 4.38. The van der Waals surface area contributed by atoms with E-state index >= 15 is 0 Å². The van der Waals surface area contributed by atoms with E-state index in [1.54, 1.807) is 0 Å². The third-order valence-corrected chi connectivity index (χ3v) is 3.03. The van der Waals surface area contributed by atoms with Gasteiger partial charge < -0.3 is 10.3 Å². The van der Waals surface area contributed by atoms with Gasteiger partial charge in [-0.15, -0.1) is 0 Å². The molecule has 0 aliphatic carbocycles. The maximum atomic E-state index is 4.38. The van der Waals surface area contributed by atoms with Gasteiger partial charge in [-0.05, 0) is 24.5 Å². The second-order valence-corrected chi connectivity index (χ2v) is 4.31. The highest BCUT2D eigenvalue weighted by atomic mass is 15.0. The van der Waals surface area contributed by atoms with Crippen LogP contribution in [0, 0.1) is 0 Å². The Labute approximate surface area is 102 Å². The summed E-state index contributed by atoms with van der Waals surface area (Å²) in [5.41, 5.74) is 2.34. The van der Waals surface area contributed by atoms with Crippen molar-refractivity contribution in [2.45, 2.75) is 32.7 Å². The van der Waals surface area contributed by atoms with Gasteiger partial charge in [0.05, 0.1) is 6.54 Å². The summed E-state index contributed by atoms with van der Waals surface area (Å²) in [5.74, 6) is 1.54. The van der Waals surface area contributed by atoms with Crippen molar-refractivity contribution in [1.82, 2.24) is 9.97 Å². The van der Waals surface area contributed by atoms with E-state index in [0.29, 0.717) is 5.92 Å². The SMILES string of the molecule is CCC(C)c1cnc(CNc2ccccc2)[nH]1. The quantitative estimate of drug-likeness (QED) is 0.823. The smallest absolute Gasteiger partial charge is 0.125 e. The van der Waals surface area contributed by atoms with E-state index in [1.807, 2.05) is 24.4 Å². The highest BCUT2D eigenvalue weighted by Crippen LogP contribution is 2.16. The summed E-state index contributed by atoms with van der Waals surface area (Å²) in [6, 6.07) is 10.2. The van der Waals surface area contributed by atoms with E-state index in [9.17, 15) is 0 Å². The first kappa shape index (κ1) is 11.7. The second-order valence-electron chi connectivity index (χ2n) is 4.31. The van der Waals surface area contributed by atoms with Gasteiger partial charge in [0, 0.05) is 17.6 Å². The molecule has 0 aliphatic heterocycles. The molecule has 3 nitrogen and oxygen atoms in total. The van der Waals surface area contributed by atoms with Crippen LogP contribution in [0.2, 0.25) is 0 Å². The summed E-state index contributed by atoms with van der Waals surface area (Å²) >= 11 is 0. The van der Waals surface area contributed by atoms with Gasteiger partial charge in [-0.2, -0.15) is 0 Å². The first-order chi connectivity index (χ1) is 8.29. The van der Waals surface area contributed by atoms with E-state index in [-0.39, 0.29) is 0 Å². The van der Waals surface area contributed by atoms with Crippen molar-refractivity contribution in [3.8, 4) is 0 Å². The van der Waals surface area contributed by atoms with Gasteiger partial charge in [0.1, 0.15) is 5.82 Å². The summed E-state index contributed by atoms with van der Waals surface area (Å²) in [7, 11) is 0. The number of aromatic nitrogens is 2. The zero-order valence-corrected chi connectivity index (χ0v) is 10.4. The molecule has 0 bridgehead atoms. The van der Waals surface area contributed by atoms with Crippen LogP contribution in [0.3, 0.4) is 0 Å². The molecule has 0 radical (unpaired) electrons. The molecule has 0 spiro atoms. The molecule has 1 heterocycles. The molecule has 3 heteroatoms. The van der Waals surface area contributed by atoms with Crippen molar-refractivity contribution in [3.63, 3.8) is 0 Å². The predicted octanol–water partition coefficient (Wildman–Crippen LogP) is 3.54. The lowest BCUT2D eigenvalue weighted by atomic mass is 10.1. The Hall–Kier alpha value is -1.77. The Kier molecular flexibility index (Phi) is 3.81. The van der Waals surface area contributed by atoms with Crippen LogP contribution in [0.5, 0.6) is 0 Å². The highest BCUT2D eigenvalue weighted by Gasteiger charge is 2.06. The Morgan fingerprint density at radius 2 is 2.06 bits per heavy atom. The minimum absolute atomic E-state index is 0.549. The van der Waals surface area contributed by atoms with Crippen LogP contribution in [0.15, 0.2) is 36.5 Å². The first-order valence-electron chi connectivity index (χ1n) is 6.12. The molecule has 1 aromatic heterocycles. The molecule has 1 atom stereocenters. The van der Waals surface area contributed by atoms with Crippen molar-refractivity contribution >= 4 is 5.69 Å². The molecule has 0 saturated carbocycles. The molecule has 2 N–H and O–H groups in total. The fourth-order valence-corrected chi connectivity index (χ4v) is 1.68. The molecule has 0 aliphatic rings. The van der Waals surface area contributed by atoms with Gasteiger partial charge in [-0.25, -0.2) is 4.98 Å². The Balaban J connectivity index is 1.94. The molecular weight excluding hydrogens is 210 g/mol. The molecule has 1 unspecified atom stereocenters. The summed E-state index contributed by atoms with van der Waals surface area (Å²) in [5, 5.41) is 3.34. The van der Waals surface area contributed by atoms with Gasteiger partial charge in [0.15, 0.2) is 0 Å². The average Bonchev–Trinajstić information content (AvgIpc) is 2.85. The van der Waals surface area contributed by atoms with Crippen molar-refractivity contribution in [2.75, 3.05) is 5.32 Å². The number of hydrogen-bond donors (Lipinski definition) is 2. The second kappa shape index (κ2) is 5.53. The van der Waals surface area contributed by atoms with Gasteiger partial charge >= 0.3 is 0 Å². The predicted molar refractivity (Wildman–Crippen MR) is 71.1 cm³/mol. The van der Waals surface area contributed by atoms with Crippen LogP contribution >= 0.6 is 0 Å². The molecule has 0 saturated heterocycles. The van der Waals surface area contributed by atoms with Gasteiger partial charge in [-0.1, -0.05) is 32.0 Å². The normalized spacial score (nSPS) is 12.4. The third kappa shape index (κ3) is 3.09. The van der Waals surface area contributed by atoms with Crippen LogP contribution in [0.25, 0.3) is 0 Å². The zero-order chi connectivity index (χ0) is 12.1. The van der Waals surface area contributed by atoms with E-state index in [0.717, 1.165) is 24.5 Å². The Morgan fingerprint density at radius 1 is 1.29 bits per heavy atom. The Bertz CT molecular complexity index is 448. The van der Waals surface area contributed by atoms with Gasteiger partial charge in [0.2, 0.25) is 0 Å². The van der Waals surface area contributed by atoms with E-state index < -0.39 is 0 Å².